The minimum Gasteiger partial charge on any atom is -0.352 e. The van der Waals surface area contributed by atoms with Crippen molar-refractivity contribution in [1.82, 2.24) is 14.9 Å². The van der Waals surface area contributed by atoms with Gasteiger partial charge in [0.05, 0.1) is 16.9 Å². The number of imidazole rings is 1. The summed E-state index contributed by atoms with van der Waals surface area (Å²) in [5, 5.41) is 5.95. The summed E-state index contributed by atoms with van der Waals surface area (Å²) in [6.45, 7) is 4.91. The third-order valence-corrected chi connectivity index (χ3v) is 3.77. The standard InChI is InChI=1S/C17H21ClN4O2/c1-12(2)16(23)21-13-4-5-15(18)14(10-13)17(24)20-6-3-8-22-9-7-19-11-22/h4-5,7,9-12H,3,6,8H2,1-2H3,(H,20,24)(H,21,23). The molecule has 0 aliphatic carbocycles. The molecule has 1 heterocycles. The van der Waals surface area contributed by atoms with Crippen LogP contribution in [-0.2, 0) is 11.3 Å². The summed E-state index contributed by atoms with van der Waals surface area (Å²) in [7, 11) is 0. The van der Waals surface area contributed by atoms with E-state index >= 15 is 0 Å². The second-order valence-corrected chi connectivity index (χ2v) is 6.16. The van der Waals surface area contributed by atoms with Crippen molar-refractivity contribution in [1.29, 1.82) is 0 Å². The van der Waals surface area contributed by atoms with Crippen molar-refractivity contribution in [3.8, 4) is 0 Å². The number of aryl methyl sites for hydroxylation is 1. The third-order valence-electron chi connectivity index (χ3n) is 3.44. The molecule has 128 valence electrons. The molecule has 0 radical (unpaired) electrons. The van der Waals surface area contributed by atoms with E-state index in [2.05, 4.69) is 15.6 Å². The second-order valence-electron chi connectivity index (χ2n) is 5.75. The first-order chi connectivity index (χ1) is 11.5. The largest absolute Gasteiger partial charge is 0.352 e. The summed E-state index contributed by atoms with van der Waals surface area (Å²) >= 11 is 6.10. The van der Waals surface area contributed by atoms with Crippen LogP contribution in [0.4, 0.5) is 5.69 Å². The van der Waals surface area contributed by atoms with Gasteiger partial charge in [0.15, 0.2) is 0 Å². The molecule has 1 aromatic carbocycles. The average Bonchev–Trinajstić information content (AvgIpc) is 3.06. The molecule has 24 heavy (non-hydrogen) atoms. The van der Waals surface area contributed by atoms with Crippen molar-refractivity contribution >= 4 is 29.1 Å². The lowest BCUT2D eigenvalue weighted by molar-refractivity contribution is -0.118. The zero-order chi connectivity index (χ0) is 17.5. The van der Waals surface area contributed by atoms with Crippen LogP contribution in [0.5, 0.6) is 0 Å². The van der Waals surface area contributed by atoms with E-state index in [1.54, 1.807) is 44.6 Å². The van der Waals surface area contributed by atoms with Crippen molar-refractivity contribution in [2.24, 2.45) is 5.92 Å². The number of carbonyl (C=O) groups is 2. The number of nitrogens with zero attached hydrogens (tertiary/aromatic N) is 2. The van der Waals surface area contributed by atoms with Crippen LogP contribution in [0.1, 0.15) is 30.6 Å². The van der Waals surface area contributed by atoms with E-state index in [0.29, 0.717) is 22.8 Å². The number of hydrogen-bond acceptors (Lipinski definition) is 3. The summed E-state index contributed by atoms with van der Waals surface area (Å²) in [5.41, 5.74) is 0.905. The lowest BCUT2D eigenvalue weighted by Gasteiger charge is -2.11. The van der Waals surface area contributed by atoms with E-state index in [-0.39, 0.29) is 17.7 Å². The van der Waals surface area contributed by atoms with Gasteiger partial charge in [-0.2, -0.15) is 0 Å². The Morgan fingerprint density at radius 2 is 2.12 bits per heavy atom. The fourth-order valence-electron chi connectivity index (χ4n) is 2.04. The molecule has 7 heteroatoms. The minimum atomic E-state index is -0.258. The van der Waals surface area contributed by atoms with Crippen LogP contribution in [0.15, 0.2) is 36.9 Å². The highest BCUT2D eigenvalue weighted by molar-refractivity contribution is 6.34. The Morgan fingerprint density at radius 1 is 1.33 bits per heavy atom. The highest BCUT2D eigenvalue weighted by atomic mass is 35.5. The molecule has 0 spiro atoms. The van der Waals surface area contributed by atoms with E-state index < -0.39 is 0 Å². The molecule has 0 bridgehead atoms. The minimum absolute atomic E-state index is 0.107. The molecular formula is C17H21ClN4O2. The molecular weight excluding hydrogens is 328 g/mol. The molecule has 0 saturated carbocycles. The summed E-state index contributed by atoms with van der Waals surface area (Å²) in [6.07, 6.45) is 6.11. The van der Waals surface area contributed by atoms with E-state index in [0.717, 1.165) is 13.0 Å². The lowest BCUT2D eigenvalue weighted by atomic mass is 10.1. The van der Waals surface area contributed by atoms with Gasteiger partial charge in [0.2, 0.25) is 5.91 Å². The summed E-state index contributed by atoms with van der Waals surface area (Å²) < 4.78 is 1.95. The van der Waals surface area contributed by atoms with Gasteiger partial charge in [-0.3, -0.25) is 9.59 Å². The number of carbonyl (C=O) groups excluding carboxylic acids is 2. The third kappa shape index (κ3) is 5.09. The van der Waals surface area contributed by atoms with E-state index in [9.17, 15) is 9.59 Å². The van der Waals surface area contributed by atoms with Gasteiger partial charge >= 0.3 is 0 Å². The molecule has 6 nitrogen and oxygen atoms in total. The van der Waals surface area contributed by atoms with E-state index in [4.69, 9.17) is 11.6 Å². The maximum Gasteiger partial charge on any atom is 0.252 e. The summed E-state index contributed by atoms with van der Waals surface area (Å²) in [6, 6.07) is 4.88. The Kier molecular flexibility index (Phi) is 6.37. The van der Waals surface area contributed by atoms with Crippen LogP contribution < -0.4 is 10.6 Å². The topological polar surface area (TPSA) is 76.0 Å². The first-order valence-corrected chi connectivity index (χ1v) is 8.19. The molecule has 1 aromatic heterocycles. The SMILES string of the molecule is CC(C)C(=O)Nc1ccc(Cl)c(C(=O)NCCCn2ccnc2)c1. The number of anilines is 1. The van der Waals surface area contributed by atoms with Gasteiger partial charge in [-0.15, -0.1) is 0 Å². The Bertz CT molecular complexity index is 699. The molecule has 0 unspecified atom stereocenters. The van der Waals surface area contributed by atoms with Crippen LogP contribution in [0.3, 0.4) is 0 Å². The van der Waals surface area contributed by atoms with Gasteiger partial charge in [0.25, 0.3) is 5.91 Å². The molecule has 2 rings (SSSR count). The number of aromatic nitrogens is 2. The van der Waals surface area contributed by atoms with Crippen molar-refractivity contribution in [3.05, 3.63) is 47.5 Å². The van der Waals surface area contributed by atoms with Gasteiger partial charge in [-0.1, -0.05) is 25.4 Å². The quantitative estimate of drug-likeness (QED) is 0.755. The number of nitrogens with one attached hydrogen (secondary N) is 2. The molecule has 0 aliphatic rings. The van der Waals surface area contributed by atoms with Crippen LogP contribution in [0.25, 0.3) is 0 Å². The van der Waals surface area contributed by atoms with Gasteiger partial charge < -0.3 is 15.2 Å². The lowest BCUT2D eigenvalue weighted by Crippen LogP contribution is -2.26. The maximum atomic E-state index is 12.3. The highest BCUT2D eigenvalue weighted by Crippen LogP contribution is 2.21. The van der Waals surface area contributed by atoms with E-state index in [1.165, 1.54) is 0 Å². The summed E-state index contributed by atoms with van der Waals surface area (Å²) in [5.74, 6) is -0.503. The smallest absolute Gasteiger partial charge is 0.252 e. The van der Waals surface area contributed by atoms with Crippen molar-refractivity contribution in [2.75, 3.05) is 11.9 Å². The van der Waals surface area contributed by atoms with Crippen molar-refractivity contribution in [2.45, 2.75) is 26.8 Å². The normalized spacial score (nSPS) is 10.7. The maximum absolute atomic E-state index is 12.3. The van der Waals surface area contributed by atoms with Crippen molar-refractivity contribution in [3.63, 3.8) is 0 Å². The van der Waals surface area contributed by atoms with Gasteiger partial charge in [-0.05, 0) is 24.6 Å². The van der Waals surface area contributed by atoms with Gasteiger partial charge in [0, 0.05) is 37.1 Å². The van der Waals surface area contributed by atoms with Gasteiger partial charge in [0.1, 0.15) is 0 Å². The number of amides is 2. The molecule has 0 aliphatic heterocycles. The van der Waals surface area contributed by atoms with Crippen LogP contribution in [0, 0.1) is 5.92 Å². The predicted molar refractivity (Wildman–Crippen MR) is 94.1 cm³/mol. The zero-order valence-corrected chi connectivity index (χ0v) is 14.5. The molecule has 0 fully saturated rings. The van der Waals surface area contributed by atoms with Crippen LogP contribution in [-0.4, -0.2) is 27.9 Å². The monoisotopic (exact) mass is 348 g/mol. The summed E-state index contributed by atoms with van der Waals surface area (Å²) in [4.78, 5) is 28.0. The highest BCUT2D eigenvalue weighted by Gasteiger charge is 2.13. The van der Waals surface area contributed by atoms with Crippen LogP contribution in [0.2, 0.25) is 5.02 Å². The van der Waals surface area contributed by atoms with Crippen molar-refractivity contribution < 1.29 is 9.59 Å². The first-order valence-electron chi connectivity index (χ1n) is 7.81. The number of hydrogen-bond donors (Lipinski definition) is 2. The molecule has 0 saturated heterocycles. The Labute approximate surface area is 146 Å². The fraction of sp³-hybridized carbons (Fsp3) is 0.353. The first kappa shape index (κ1) is 18.0. The molecule has 2 aromatic rings. The van der Waals surface area contributed by atoms with E-state index in [1.807, 2.05) is 10.8 Å². The number of benzene rings is 1. The van der Waals surface area contributed by atoms with Gasteiger partial charge in [-0.25, -0.2) is 4.98 Å². The Morgan fingerprint density at radius 3 is 2.79 bits per heavy atom. The number of rotatable bonds is 7. The Hall–Kier alpha value is -2.34. The fourth-order valence-corrected chi connectivity index (χ4v) is 2.24. The average molecular weight is 349 g/mol. The number of halogens is 1. The van der Waals surface area contributed by atoms with Crippen LogP contribution >= 0.6 is 11.6 Å². The molecule has 0 atom stereocenters. The molecule has 2 N–H and O–H groups in total. The predicted octanol–water partition coefficient (Wildman–Crippen LogP) is 2.95. The zero-order valence-electron chi connectivity index (χ0n) is 13.8. The molecule has 2 amide bonds. The second kappa shape index (κ2) is 8.49. The Balaban J connectivity index is 1.91.